The van der Waals surface area contributed by atoms with Gasteiger partial charge in [0, 0.05) is 38.2 Å². The third-order valence-corrected chi connectivity index (χ3v) is 2.79. The van der Waals surface area contributed by atoms with E-state index >= 15 is 0 Å². The van der Waals surface area contributed by atoms with Gasteiger partial charge in [-0.05, 0) is 18.6 Å². The lowest BCUT2D eigenvalue weighted by molar-refractivity contribution is 0.0595. The Kier molecular flexibility index (Phi) is 4.78. The number of methoxy groups -OCH3 is 2. The first-order valence-electron chi connectivity index (χ1n) is 6.19. The number of hydrogen-bond donors (Lipinski definition) is 0. The lowest BCUT2D eigenvalue weighted by Crippen LogP contribution is -2.08. The van der Waals surface area contributed by atoms with Crippen LogP contribution in [0.25, 0.3) is 11.3 Å². The lowest BCUT2D eigenvalue weighted by atomic mass is 10.1. The Labute approximate surface area is 116 Å². The molecular formula is C13H16N4O3. The van der Waals surface area contributed by atoms with Crippen LogP contribution in [0.3, 0.4) is 0 Å². The molecular weight excluding hydrogens is 260 g/mol. The predicted molar refractivity (Wildman–Crippen MR) is 71.1 cm³/mol. The van der Waals surface area contributed by atoms with E-state index < -0.39 is 5.97 Å². The van der Waals surface area contributed by atoms with Gasteiger partial charge in [-0.15, -0.1) is 5.10 Å². The molecule has 20 heavy (non-hydrogen) atoms. The lowest BCUT2D eigenvalue weighted by Gasteiger charge is -2.07. The topological polar surface area (TPSA) is 79.1 Å². The quantitative estimate of drug-likeness (QED) is 0.582. The van der Waals surface area contributed by atoms with E-state index in [1.54, 1.807) is 36.3 Å². The Balaban J connectivity index is 2.38. The second kappa shape index (κ2) is 6.76. The third kappa shape index (κ3) is 3.00. The zero-order valence-electron chi connectivity index (χ0n) is 11.4. The molecule has 0 N–H and O–H groups in total. The average Bonchev–Trinajstić information content (AvgIpc) is 2.91. The number of aryl methyl sites for hydroxylation is 1. The van der Waals surface area contributed by atoms with Gasteiger partial charge in [0.05, 0.1) is 7.11 Å². The zero-order chi connectivity index (χ0) is 14.4. The molecule has 7 heteroatoms. The fraction of sp³-hybridized carbons (Fsp3) is 0.385. The van der Waals surface area contributed by atoms with Gasteiger partial charge in [0.2, 0.25) is 0 Å². The number of rotatable bonds is 6. The number of ether oxygens (including phenoxy) is 2. The van der Waals surface area contributed by atoms with Crippen LogP contribution in [0.1, 0.15) is 16.9 Å². The summed E-state index contributed by atoms with van der Waals surface area (Å²) >= 11 is 0. The number of carbonyl (C=O) groups excluding carboxylic acids is 1. The zero-order valence-corrected chi connectivity index (χ0v) is 11.4. The minimum atomic E-state index is -0.505. The van der Waals surface area contributed by atoms with Gasteiger partial charge in [-0.2, -0.15) is 0 Å². The summed E-state index contributed by atoms with van der Waals surface area (Å²) in [5.74, 6) is -0.505. The molecule has 2 aromatic heterocycles. The second-order valence-corrected chi connectivity index (χ2v) is 4.08. The Hall–Kier alpha value is -2.28. The van der Waals surface area contributed by atoms with E-state index in [0.29, 0.717) is 18.8 Å². The first-order chi connectivity index (χ1) is 9.77. The molecule has 0 atom stereocenters. The highest BCUT2D eigenvalue weighted by atomic mass is 16.5. The first-order valence-corrected chi connectivity index (χ1v) is 6.19. The van der Waals surface area contributed by atoms with E-state index in [0.717, 1.165) is 12.0 Å². The van der Waals surface area contributed by atoms with Gasteiger partial charge in [0.1, 0.15) is 5.69 Å². The van der Waals surface area contributed by atoms with Crippen LogP contribution < -0.4 is 0 Å². The minimum absolute atomic E-state index is 0.205. The summed E-state index contributed by atoms with van der Waals surface area (Å²) in [6.07, 6.45) is 4.09. The molecule has 0 saturated carbocycles. The molecule has 0 aliphatic heterocycles. The van der Waals surface area contributed by atoms with Crippen molar-refractivity contribution in [3.63, 3.8) is 0 Å². The molecule has 0 fully saturated rings. The monoisotopic (exact) mass is 276 g/mol. The summed E-state index contributed by atoms with van der Waals surface area (Å²) in [5.41, 5.74) is 1.66. The summed E-state index contributed by atoms with van der Waals surface area (Å²) in [4.78, 5) is 15.7. The van der Waals surface area contributed by atoms with Gasteiger partial charge in [0.25, 0.3) is 0 Å². The third-order valence-electron chi connectivity index (χ3n) is 2.79. The van der Waals surface area contributed by atoms with Gasteiger partial charge >= 0.3 is 5.97 Å². The number of nitrogens with zero attached hydrogens (tertiary/aromatic N) is 4. The summed E-state index contributed by atoms with van der Waals surface area (Å²) in [6.45, 7) is 1.22. The number of carbonyl (C=O) groups is 1. The molecule has 2 rings (SSSR count). The van der Waals surface area contributed by atoms with Gasteiger partial charge in [-0.3, -0.25) is 4.98 Å². The molecule has 0 aliphatic carbocycles. The molecule has 0 bridgehead atoms. The highest BCUT2D eigenvalue weighted by Gasteiger charge is 2.21. The Morgan fingerprint density at radius 3 is 2.70 bits per heavy atom. The van der Waals surface area contributed by atoms with Gasteiger partial charge in [0.15, 0.2) is 5.69 Å². The molecule has 2 aromatic rings. The Morgan fingerprint density at radius 2 is 2.05 bits per heavy atom. The smallest absolute Gasteiger partial charge is 0.360 e. The van der Waals surface area contributed by atoms with E-state index in [4.69, 9.17) is 9.47 Å². The molecule has 0 spiro atoms. The fourth-order valence-electron chi connectivity index (χ4n) is 1.86. The molecule has 0 amide bonds. The molecule has 0 unspecified atom stereocenters. The van der Waals surface area contributed by atoms with Crippen LogP contribution in [0.15, 0.2) is 24.5 Å². The SMILES string of the molecule is COCCCn1nnc(C(=O)OC)c1-c1ccncc1. The standard InChI is InChI=1S/C13H16N4O3/c1-19-9-3-8-17-12(10-4-6-14-7-5-10)11(15-16-17)13(18)20-2/h4-7H,3,8-9H2,1-2H3. The fourth-order valence-corrected chi connectivity index (χ4v) is 1.86. The Bertz CT molecular complexity index is 568. The Morgan fingerprint density at radius 1 is 1.30 bits per heavy atom. The maximum atomic E-state index is 11.8. The molecule has 0 aromatic carbocycles. The van der Waals surface area contributed by atoms with E-state index in [1.165, 1.54) is 7.11 Å². The molecule has 0 aliphatic rings. The van der Waals surface area contributed by atoms with Crippen LogP contribution in [0, 0.1) is 0 Å². The van der Waals surface area contributed by atoms with Gasteiger partial charge < -0.3 is 9.47 Å². The van der Waals surface area contributed by atoms with Gasteiger partial charge in [-0.1, -0.05) is 5.21 Å². The summed E-state index contributed by atoms with van der Waals surface area (Å²) < 4.78 is 11.4. The van der Waals surface area contributed by atoms with E-state index in [9.17, 15) is 4.79 Å². The van der Waals surface area contributed by atoms with Crippen molar-refractivity contribution < 1.29 is 14.3 Å². The van der Waals surface area contributed by atoms with E-state index in [1.807, 2.05) is 0 Å². The van der Waals surface area contributed by atoms with Crippen LogP contribution in [0.4, 0.5) is 0 Å². The van der Waals surface area contributed by atoms with E-state index in [-0.39, 0.29) is 5.69 Å². The summed E-state index contributed by atoms with van der Waals surface area (Å²) in [7, 11) is 2.97. The summed E-state index contributed by atoms with van der Waals surface area (Å²) in [5, 5.41) is 7.94. The average molecular weight is 276 g/mol. The molecule has 2 heterocycles. The molecule has 0 radical (unpaired) electrons. The number of aromatic nitrogens is 4. The first kappa shape index (κ1) is 14.1. The van der Waals surface area contributed by atoms with Crippen molar-refractivity contribution in [3.05, 3.63) is 30.2 Å². The van der Waals surface area contributed by atoms with Crippen LogP contribution in [-0.2, 0) is 16.0 Å². The van der Waals surface area contributed by atoms with Crippen molar-refractivity contribution in [2.45, 2.75) is 13.0 Å². The normalized spacial score (nSPS) is 10.5. The minimum Gasteiger partial charge on any atom is -0.464 e. The molecule has 7 nitrogen and oxygen atoms in total. The largest absolute Gasteiger partial charge is 0.464 e. The van der Waals surface area contributed by atoms with Gasteiger partial charge in [-0.25, -0.2) is 9.48 Å². The number of esters is 1. The molecule has 106 valence electrons. The maximum absolute atomic E-state index is 11.8. The maximum Gasteiger partial charge on any atom is 0.360 e. The van der Waals surface area contributed by atoms with Crippen LogP contribution in [0.5, 0.6) is 0 Å². The van der Waals surface area contributed by atoms with Crippen molar-refractivity contribution in [2.75, 3.05) is 20.8 Å². The van der Waals surface area contributed by atoms with Crippen LogP contribution in [-0.4, -0.2) is 46.8 Å². The highest BCUT2D eigenvalue weighted by Crippen LogP contribution is 2.22. The van der Waals surface area contributed by atoms with Crippen molar-refractivity contribution >= 4 is 5.97 Å². The van der Waals surface area contributed by atoms with E-state index in [2.05, 4.69) is 15.3 Å². The van der Waals surface area contributed by atoms with Crippen molar-refractivity contribution in [1.29, 1.82) is 0 Å². The van der Waals surface area contributed by atoms with Crippen molar-refractivity contribution in [3.8, 4) is 11.3 Å². The number of hydrogen-bond acceptors (Lipinski definition) is 6. The van der Waals surface area contributed by atoms with Crippen molar-refractivity contribution in [2.24, 2.45) is 0 Å². The van der Waals surface area contributed by atoms with Crippen LogP contribution in [0.2, 0.25) is 0 Å². The van der Waals surface area contributed by atoms with Crippen LogP contribution >= 0.6 is 0 Å². The highest BCUT2D eigenvalue weighted by molar-refractivity contribution is 5.93. The number of pyridine rings is 1. The molecule has 0 saturated heterocycles. The summed E-state index contributed by atoms with van der Waals surface area (Å²) in [6, 6.07) is 3.61. The second-order valence-electron chi connectivity index (χ2n) is 4.08. The van der Waals surface area contributed by atoms with Crippen molar-refractivity contribution in [1.82, 2.24) is 20.0 Å². The predicted octanol–water partition coefficient (Wildman–Crippen LogP) is 1.16.